The van der Waals surface area contributed by atoms with Gasteiger partial charge in [0.25, 0.3) is 5.91 Å². The fourth-order valence-corrected chi connectivity index (χ4v) is 5.55. The van der Waals surface area contributed by atoms with E-state index in [4.69, 9.17) is 11.6 Å². The van der Waals surface area contributed by atoms with Crippen molar-refractivity contribution in [1.82, 2.24) is 19.8 Å². The normalized spacial score (nSPS) is 24.8. The molecule has 2 aromatic carbocycles. The summed E-state index contributed by atoms with van der Waals surface area (Å²) in [7, 11) is 0. The highest BCUT2D eigenvalue weighted by Gasteiger charge is 2.48. The zero-order chi connectivity index (χ0) is 23.9. The van der Waals surface area contributed by atoms with Gasteiger partial charge in [0.15, 0.2) is 5.82 Å². The maximum absolute atomic E-state index is 13.9. The number of hydrogen-bond donors (Lipinski definition) is 1. The molecule has 1 aromatic heterocycles. The van der Waals surface area contributed by atoms with E-state index in [1.54, 1.807) is 4.90 Å². The van der Waals surface area contributed by atoms with Gasteiger partial charge in [-0.1, -0.05) is 55.6 Å². The Labute approximate surface area is 205 Å². The van der Waals surface area contributed by atoms with Crippen LogP contribution in [0.1, 0.15) is 55.7 Å². The highest BCUT2D eigenvalue weighted by Crippen LogP contribution is 2.32. The smallest absolute Gasteiger partial charge is 0.290 e. The van der Waals surface area contributed by atoms with Crippen LogP contribution in [-0.2, 0) is 17.8 Å². The molecular formula is C27H31ClN4O2. The van der Waals surface area contributed by atoms with Crippen LogP contribution < -0.4 is 5.32 Å². The zero-order valence-corrected chi connectivity index (χ0v) is 20.5. The SMILES string of the molecule is C[C@@H]1CCCC[C@@H]1NC(=O)[C@]1(C)Cn2c(nc3ccccc32)C(=O)N1CCc1ccc(Cl)cc1. The number of hydrogen-bond acceptors (Lipinski definition) is 3. The molecule has 0 unspecified atom stereocenters. The molecule has 2 aliphatic rings. The number of imidazole rings is 1. The quantitative estimate of drug-likeness (QED) is 0.570. The maximum atomic E-state index is 13.9. The van der Waals surface area contributed by atoms with Crippen molar-refractivity contribution in [2.45, 2.75) is 64.1 Å². The second-order valence-electron chi connectivity index (χ2n) is 9.96. The number of nitrogens with zero attached hydrogens (tertiary/aromatic N) is 3. The van der Waals surface area contributed by atoms with Gasteiger partial charge >= 0.3 is 0 Å². The molecule has 3 atom stereocenters. The fourth-order valence-electron chi connectivity index (χ4n) is 5.43. The van der Waals surface area contributed by atoms with Gasteiger partial charge < -0.3 is 14.8 Å². The van der Waals surface area contributed by atoms with Gasteiger partial charge in [-0.3, -0.25) is 9.59 Å². The standard InChI is InChI=1S/C27H31ClN4O2/c1-18-7-3-4-8-21(18)30-26(34)27(2)17-31-23-10-6-5-9-22(23)29-24(31)25(33)32(27)16-15-19-11-13-20(28)14-12-19/h5-6,9-14,18,21H,3-4,7-8,15-17H2,1-2H3,(H,30,34)/t18-,21+,27+/m1/s1. The van der Waals surface area contributed by atoms with Gasteiger partial charge in [0.1, 0.15) is 5.54 Å². The average molecular weight is 479 g/mol. The van der Waals surface area contributed by atoms with Crippen LogP contribution in [0.3, 0.4) is 0 Å². The second-order valence-corrected chi connectivity index (χ2v) is 10.4. The summed E-state index contributed by atoms with van der Waals surface area (Å²) in [5.74, 6) is 0.547. The first-order chi connectivity index (χ1) is 16.4. The molecule has 1 saturated carbocycles. The van der Waals surface area contributed by atoms with Crippen LogP contribution in [0.25, 0.3) is 11.0 Å². The van der Waals surface area contributed by atoms with Crippen LogP contribution >= 0.6 is 11.6 Å². The van der Waals surface area contributed by atoms with Crippen molar-refractivity contribution in [1.29, 1.82) is 0 Å². The Morgan fingerprint density at radius 2 is 1.88 bits per heavy atom. The topological polar surface area (TPSA) is 67.2 Å². The van der Waals surface area contributed by atoms with Gasteiger partial charge in [-0.25, -0.2) is 4.98 Å². The molecule has 2 amide bonds. The molecule has 34 heavy (non-hydrogen) atoms. The van der Waals surface area contributed by atoms with E-state index in [1.807, 2.05) is 60.0 Å². The van der Waals surface area contributed by atoms with Crippen molar-refractivity contribution in [3.8, 4) is 0 Å². The summed E-state index contributed by atoms with van der Waals surface area (Å²) < 4.78 is 1.92. The van der Waals surface area contributed by atoms with Crippen molar-refractivity contribution in [2.24, 2.45) is 5.92 Å². The number of aromatic nitrogens is 2. The number of halogens is 1. The summed E-state index contributed by atoms with van der Waals surface area (Å²) in [4.78, 5) is 34.0. The summed E-state index contributed by atoms with van der Waals surface area (Å²) in [6.45, 7) is 4.90. The van der Waals surface area contributed by atoms with Gasteiger partial charge in [0, 0.05) is 17.6 Å². The Balaban J connectivity index is 1.49. The molecule has 5 rings (SSSR count). The highest BCUT2D eigenvalue weighted by atomic mass is 35.5. The Morgan fingerprint density at radius 3 is 2.65 bits per heavy atom. The maximum Gasteiger partial charge on any atom is 0.290 e. The first kappa shape index (κ1) is 22.9. The molecule has 0 bridgehead atoms. The van der Waals surface area contributed by atoms with E-state index in [-0.39, 0.29) is 17.9 Å². The van der Waals surface area contributed by atoms with E-state index < -0.39 is 5.54 Å². The predicted octanol–water partition coefficient (Wildman–Crippen LogP) is 4.84. The van der Waals surface area contributed by atoms with Crippen LogP contribution in [0, 0.1) is 5.92 Å². The lowest BCUT2D eigenvalue weighted by Crippen LogP contribution is -2.65. The number of fused-ring (bicyclic) bond motifs is 3. The van der Waals surface area contributed by atoms with Crippen molar-refractivity contribution >= 4 is 34.4 Å². The number of nitrogens with one attached hydrogen (secondary N) is 1. The summed E-state index contributed by atoms with van der Waals surface area (Å²) >= 11 is 6.04. The lowest BCUT2D eigenvalue weighted by atomic mass is 9.85. The van der Waals surface area contributed by atoms with E-state index in [2.05, 4.69) is 17.2 Å². The molecule has 6 nitrogen and oxygen atoms in total. The molecule has 1 aliphatic carbocycles. The average Bonchev–Trinajstić information content (AvgIpc) is 3.20. The first-order valence-electron chi connectivity index (χ1n) is 12.2. The highest BCUT2D eigenvalue weighted by molar-refractivity contribution is 6.30. The lowest BCUT2D eigenvalue weighted by Gasteiger charge is -2.44. The third-order valence-electron chi connectivity index (χ3n) is 7.61. The minimum Gasteiger partial charge on any atom is -0.351 e. The molecule has 178 valence electrons. The summed E-state index contributed by atoms with van der Waals surface area (Å²) in [6, 6.07) is 15.5. The number of rotatable bonds is 5. The van der Waals surface area contributed by atoms with Gasteiger partial charge in [-0.15, -0.1) is 0 Å². The van der Waals surface area contributed by atoms with Crippen molar-refractivity contribution in [3.63, 3.8) is 0 Å². The third-order valence-corrected chi connectivity index (χ3v) is 7.86. The second kappa shape index (κ2) is 9.06. The zero-order valence-electron chi connectivity index (χ0n) is 19.8. The van der Waals surface area contributed by atoms with E-state index in [0.717, 1.165) is 35.9 Å². The number of para-hydroxylation sites is 2. The molecule has 1 aliphatic heterocycles. The molecule has 3 aromatic rings. The van der Waals surface area contributed by atoms with Crippen molar-refractivity contribution in [3.05, 3.63) is 64.9 Å². The monoisotopic (exact) mass is 478 g/mol. The lowest BCUT2D eigenvalue weighted by molar-refractivity contribution is -0.134. The van der Waals surface area contributed by atoms with E-state index in [0.29, 0.717) is 36.3 Å². The van der Waals surface area contributed by atoms with Crippen LogP contribution in [0.4, 0.5) is 0 Å². The Bertz CT molecular complexity index is 1220. The summed E-state index contributed by atoms with van der Waals surface area (Å²) in [6.07, 6.45) is 5.08. The molecule has 1 N–H and O–H groups in total. The van der Waals surface area contributed by atoms with E-state index in [1.165, 1.54) is 6.42 Å². The Kier molecular flexibility index (Phi) is 6.11. The Morgan fingerprint density at radius 1 is 1.15 bits per heavy atom. The third kappa shape index (κ3) is 4.09. The minimum absolute atomic E-state index is 0.0841. The van der Waals surface area contributed by atoms with E-state index in [9.17, 15) is 9.59 Å². The Hall–Kier alpha value is -2.86. The van der Waals surface area contributed by atoms with Crippen LogP contribution in [0.5, 0.6) is 0 Å². The molecule has 2 heterocycles. The molecule has 7 heteroatoms. The molecule has 0 radical (unpaired) electrons. The van der Waals surface area contributed by atoms with Crippen molar-refractivity contribution < 1.29 is 9.59 Å². The minimum atomic E-state index is -1.02. The van der Waals surface area contributed by atoms with Crippen LogP contribution in [0.2, 0.25) is 5.02 Å². The van der Waals surface area contributed by atoms with Gasteiger partial charge in [0.05, 0.1) is 17.6 Å². The largest absolute Gasteiger partial charge is 0.351 e. The van der Waals surface area contributed by atoms with Gasteiger partial charge in [0.2, 0.25) is 5.91 Å². The predicted molar refractivity (Wildman–Crippen MR) is 134 cm³/mol. The number of benzene rings is 2. The van der Waals surface area contributed by atoms with Crippen molar-refractivity contribution in [2.75, 3.05) is 6.54 Å². The fraction of sp³-hybridized carbons (Fsp3) is 0.444. The molecule has 0 spiro atoms. The number of amides is 2. The molecule has 0 saturated heterocycles. The first-order valence-corrected chi connectivity index (χ1v) is 12.6. The van der Waals surface area contributed by atoms with Crippen LogP contribution in [0.15, 0.2) is 48.5 Å². The molecule has 1 fully saturated rings. The van der Waals surface area contributed by atoms with Gasteiger partial charge in [-0.2, -0.15) is 0 Å². The number of carbonyl (C=O) groups is 2. The molecular weight excluding hydrogens is 448 g/mol. The summed E-state index contributed by atoms with van der Waals surface area (Å²) in [5, 5.41) is 4.00. The number of carbonyl (C=O) groups excluding carboxylic acids is 2. The van der Waals surface area contributed by atoms with E-state index >= 15 is 0 Å². The van der Waals surface area contributed by atoms with Crippen LogP contribution in [-0.4, -0.2) is 44.4 Å². The summed E-state index contributed by atoms with van der Waals surface area (Å²) in [5.41, 5.74) is 1.71. The van der Waals surface area contributed by atoms with Gasteiger partial charge in [-0.05, 0) is 61.9 Å².